The quantitative estimate of drug-likeness (QED) is 0.409. The Hall–Kier alpha value is -2.11. The summed E-state index contributed by atoms with van der Waals surface area (Å²) in [6.07, 6.45) is 9.53. The lowest BCUT2D eigenvalue weighted by atomic mass is 9.49. The predicted molar refractivity (Wildman–Crippen MR) is 104 cm³/mol. The SMILES string of the molecule is O=C(CCCNc1ccc([N+](=O)[O-])cc1)NCC12CC3CC(CC(C3)C1)C2. The third-order valence-electron chi connectivity index (χ3n) is 6.81. The minimum absolute atomic E-state index is 0.0876. The summed E-state index contributed by atoms with van der Waals surface area (Å²) in [5.41, 5.74) is 1.32. The molecule has 146 valence electrons. The van der Waals surface area contributed by atoms with Gasteiger partial charge in [-0.15, -0.1) is 0 Å². The van der Waals surface area contributed by atoms with E-state index in [0.29, 0.717) is 18.4 Å². The van der Waals surface area contributed by atoms with E-state index in [1.54, 1.807) is 12.1 Å². The number of hydrogen-bond donors (Lipinski definition) is 2. The highest BCUT2D eigenvalue weighted by Gasteiger charge is 2.50. The average molecular weight is 371 g/mol. The summed E-state index contributed by atoms with van der Waals surface area (Å²) >= 11 is 0. The molecule has 6 heteroatoms. The summed E-state index contributed by atoms with van der Waals surface area (Å²) in [4.78, 5) is 22.5. The predicted octanol–water partition coefficient (Wildman–Crippen LogP) is 4.12. The van der Waals surface area contributed by atoms with Crippen molar-refractivity contribution in [2.45, 2.75) is 51.4 Å². The van der Waals surface area contributed by atoms with Crippen molar-refractivity contribution in [3.63, 3.8) is 0 Å². The summed E-state index contributed by atoms with van der Waals surface area (Å²) < 4.78 is 0. The van der Waals surface area contributed by atoms with Gasteiger partial charge < -0.3 is 10.6 Å². The van der Waals surface area contributed by atoms with Crippen molar-refractivity contribution in [2.24, 2.45) is 23.2 Å². The van der Waals surface area contributed by atoms with Crippen molar-refractivity contribution in [1.29, 1.82) is 0 Å². The van der Waals surface area contributed by atoms with Crippen LogP contribution in [0.2, 0.25) is 0 Å². The van der Waals surface area contributed by atoms with E-state index >= 15 is 0 Å². The second-order valence-electron chi connectivity index (χ2n) is 9.03. The van der Waals surface area contributed by atoms with Crippen LogP contribution in [0.5, 0.6) is 0 Å². The van der Waals surface area contributed by atoms with Crippen LogP contribution >= 0.6 is 0 Å². The van der Waals surface area contributed by atoms with E-state index < -0.39 is 4.92 Å². The summed E-state index contributed by atoms with van der Waals surface area (Å²) in [5.74, 6) is 2.90. The Morgan fingerprint density at radius 2 is 1.67 bits per heavy atom. The highest BCUT2D eigenvalue weighted by Crippen LogP contribution is 2.59. The van der Waals surface area contributed by atoms with Crippen molar-refractivity contribution in [1.82, 2.24) is 5.32 Å². The molecule has 1 aromatic rings. The fourth-order valence-corrected chi connectivity index (χ4v) is 6.06. The molecule has 4 aliphatic rings. The van der Waals surface area contributed by atoms with Crippen LogP contribution in [0.15, 0.2) is 24.3 Å². The normalized spacial score (nSPS) is 30.9. The number of hydrogen-bond acceptors (Lipinski definition) is 4. The lowest BCUT2D eigenvalue weighted by molar-refractivity contribution is -0.384. The number of anilines is 1. The molecule has 4 fully saturated rings. The van der Waals surface area contributed by atoms with Gasteiger partial charge in [0.05, 0.1) is 4.92 Å². The monoisotopic (exact) mass is 371 g/mol. The highest BCUT2D eigenvalue weighted by atomic mass is 16.6. The molecule has 0 heterocycles. The van der Waals surface area contributed by atoms with Crippen molar-refractivity contribution in [2.75, 3.05) is 18.4 Å². The number of nitro benzene ring substituents is 1. The third kappa shape index (κ3) is 4.25. The molecule has 6 nitrogen and oxygen atoms in total. The molecule has 0 atom stereocenters. The lowest BCUT2D eigenvalue weighted by Gasteiger charge is -2.56. The van der Waals surface area contributed by atoms with Gasteiger partial charge in [0, 0.05) is 37.3 Å². The largest absolute Gasteiger partial charge is 0.385 e. The lowest BCUT2D eigenvalue weighted by Crippen LogP contribution is -2.51. The molecule has 0 spiro atoms. The van der Waals surface area contributed by atoms with Gasteiger partial charge in [-0.25, -0.2) is 0 Å². The van der Waals surface area contributed by atoms with Crippen LogP contribution < -0.4 is 10.6 Å². The first-order chi connectivity index (χ1) is 13.0. The maximum absolute atomic E-state index is 12.3. The summed E-state index contributed by atoms with van der Waals surface area (Å²) in [5, 5.41) is 17.1. The number of nitrogens with one attached hydrogen (secondary N) is 2. The second-order valence-corrected chi connectivity index (χ2v) is 9.03. The van der Waals surface area contributed by atoms with E-state index in [1.165, 1.54) is 50.7 Å². The Morgan fingerprint density at radius 3 is 2.22 bits per heavy atom. The molecule has 0 unspecified atom stereocenters. The van der Waals surface area contributed by atoms with E-state index in [1.807, 2.05) is 0 Å². The standard InChI is InChI=1S/C21H29N3O3/c25-20(2-1-7-22-18-3-5-19(6-4-18)24(26)27)23-14-21-11-15-8-16(12-21)10-17(9-15)13-21/h3-6,15-17,22H,1-2,7-14H2,(H,23,25). The van der Waals surface area contributed by atoms with Gasteiger partial charge in [-0.2, -0.15) is 0 Å². The van der Waals surface area contributed by atoms with Gasteiger partial charge >= 0.3 is 0 Å². The fraction of sp³-hybridized carbons (Fsp3) is 0.667. The Kier molecular flexibility index (Phi) is 5.06. The Morgan fingerprint density at radius 1 is 1.07 bits per heavy atom. The third-order valence-corrected chi connectivity index (χ3v) is 6.81. The Balaban J connectivity index is 1.16. The molecule has 0 saturated heterocycles. The first-order valence-corrected chi connectivity index (χ1v) is 10.3. The highest BCUT2D eigenvalue weighted by molar-refractivity contribution is 5.75. The zero-order valence-corrected chi connectivity index (χ0v) is 15.8. The molecule has 4 saturated carbocycles. The topological polar surface area (TPSA) is 84.3 Å². The molecular formula is C21H29N3O3. The van der Waals surface area contributed by atoms with Crippen molar-refractivity contribution in [3.8, 4) is 0 Å². The van der Waals surface area contributed by atoms with Crippen molar-refractivity contribution in [3.05, 3.63) is 34.4 Å². The smallest absolute Gasteiger partial charge is 0.269 e. The number of rotatable bonds is 8. The van der Waals surface area contributed by atoms with Gasteiger partial charge in [0.1, 0.15) is 0 Å². The minimum Gasteiger partial charge on any atom is -0.385 e. The molecular weight excluding hydrogens is 342 g/mol. The van der Waals surface area contributed by atoms with Crippen LogP contribution in [0.4, 0.5) is 11.4 Å². The van der Waals surface area contributed by atoms with E-state index in [-0.39, 0.29) is 11.6 Å². The molecule has 0 aromatic heterocycles. The van der Waals surface area contributed by atoms with Crippen molar-refractivity contribution < 1.29 is 9.72 Å². The molecule has 2 N–H and O–H groups in total. The van der Waals surface area contributed by atoms with Crippen LogP contribution in [0.3, 0.4) is 0 Å². The van der Waals surface area contributed by atoms with Crippen LogP contribution in [0.1, 0.15) is 51.4 Å². The second kappa shape index (κ2) is 7.49. The number of non-ortho nitro benzene ring substituents is 1. The van der Waals surface area contributed by atoms with Gasteiger partial charge in [0.25, 0.3) is 5.69 Å². The number of nitrogens with zero attached hydrogens (tertiary/aromatic N) is 1. The number of amides is 1. The van der Waals surface area contributed by atoms with Crippen LogP contribution in [0.25, 0.3) is 0 Å². The summed E-state index contributed by atoms with van der Waals surface area (Å²) in [7, 11) is 0. The molecule has 1 amide bonds. The zero-order valence-electron chi connectivity index (χ0n) is 15.8. The van der Waals surface area contributed by atoms with Crippen LogP contribution in [-0.4, -0.2) is 23.9 Å². The molecule has 4 bridgehead atoms. The maximum Gasteiger partial charge on any atom is 0.269 e. The van der Waals surface area contributed by atoms with Gasteiger partial charge in [0.15, 0.2) is 0 Å². The minimum atomic E-state index is -0.405. The first-order valence-electron chi connectivity index (χ1n) is 10.3. The van der Waals surface area contributed by atoms with Crippen LogP contribution in [-0.2, 0) is 4.79 Å². The Labute approximate surface area is 160 Å². The van der Waals surface area contributed by atoms with Gasteiger partial charge in [-0.05, 0) is 80.2 Å². The number of carbonyl (C=O) groups excluding carboxylic acids is 1. The zero-order chi connectivity index (χ0) is 18.9. The number of nitro groups is 1. The van der Waals surface area contributed by atoms with E-state index in [4.69, 9.17) is 0 Å². The van der Waals surface area contributed by atoms with Gasteiger partial charge in [-0.3, -0.25) is 14.9 Å². The average Bonchev–Trinajstić information content (AvgIpc) is 2.63. The molecule has 0 aliphatic heterocycles. The number of benzene rings is 1. The number of carbonyl (C=O) groups is 1. The summed E-state index contributed by atoms with van der Waals surface area (Å²) in [6, 6.07) is 6.37. The van der Waals surface area contributed by atoms with Gasteiger partial charge in [0.2, 0.25) is 5.91 Å². The maximum atomic E-state index is 12.3. The molecule has 4 aliphatic carbocycles. The van der Waals surface area contributed by atoms with E-state index in [0.717, 1.165) is 36.4 Å². The van der Waals surface area contributed by atoms with E-state index in [9.17, 15) is 14.9 Å². The summed E-state index contributed by atoms with van der Waals surface area (Å²) in [6.45, 7) is 1.55. The molecule has 5 rings (SSSR count). The molecule has 0 radical (unpaired) electrons. The Bertz CT molecular complexity index is 666. The molecule has 1 aromatic carbocycles. The molecule has 27 heavy (non-hydrogen) atoms. The first kappa shape index (κ1) is 18.3. The van der Waals surface area contributed by atoms with Gasteiger partial charge in [-0.1, -0.05) is 0 Å². The van der Waals surface area contributed by atoms with Crippen LogP contribution in [0, 0.1) is 33.3 Å². The fourth-order valence-electron chi connectivity index (χ4n) is 6.06. The van der Waals surface area contributed by atoms with Crippen molar-refractivity contribution >= 4 is 17.3 Å². The van der Waals surface area contributed by atoms with E-state index in [2.05, 4.69) is 10.6 Å².